The Bertz CT molecular complexity index is 622. The maximum Gasteiger partial charge on any atom is 0.171 e. The number of carbonyl (C=O) groups is 1. The average Bonchev–Trinajstić information content (AvgIpc) is 2.61. The molecule has 0 unspecified atom stereocenters. The van der Waals surface area contributed by atoms with Gasteiger partial charge in [-0.15, -0.1) is 0 Å². The highest BCUT2D eigenvalue weighted by Gasteiger charge is 2.35. The van der Waals surface area contributed by atoms with Crippen LogP contribution in [0, 0.1) is 11.8 Å². The van der Waals surface area contributed by atoms with Crippen molar-refractivity contribution in [2.24, 2.45) is 11.8 Å². The van der Waals surface area contributed by atoms with Gasteiger partial charge in [0.25, 0.3) is 0 Å². The summed E-state index contributed by atoms with van der Waals surface area (Å²) in [5.41, 5.74) is 1.64. The van der Waals surface area contributed by atoms with E-state index < -0.39 is 18.1 Å². The first-order valence-electron chi connectivity index (χ1n) is 8.50. The third-order valence-electron chi connectivity index (χ3n) is 4.40. The molecule has 0 aliphatic carbocycles. The summed E-state index contributed by atoms with van der Waals surface area (Å²) in [6.07, 6.45) is -0.638. The minimum Gasteiger partial charge on any atom is -0.392 e. The Kier molecular flexibility index (Phi) is 6.71. The van der Waals surface area contributed by atoms with Crippen LogP contribution in [0.5, 0.6) is 0 Å². The summed E-state index contributed by atoms with van der Waals surface area (Å²) in [6, 6.07) is 18.7. The average molecular weight is 326 g/mol. The fourth-order valence-corrected chi connectivity index (χ4v) is 2.91. The minimum absolute atomic E-state index is 0.103. The SMILES string of the molecule is CC(C)[C@H](O)[C@@H](C(=O)c1ccccc1)[C@H](O)CCc1ccccc1. The molecular weight excluding hydrogens is 300 g/mol. The lowest BCUT2D eigenvalue weighted by atomic mass is 9.81. The molecule has 24 heavy (non-hydrogen) atoms. The smallest absolute Gasteiger partial charge is 0.171 e. The quantitative estimate of drug-likeness (QED) is 0.730. The Hall–Kier alpha value is -1.97. The van der Waals surface area contributed by atoms with E-state index in [1.165, 1.54) is 0 Å². The van der Waals surface area contributed by atoms with Crippen molar-refractivity contribution in [3.05, 3.63) is 71.8 Å². The standard InChI is InChI=1S/C21H26O3/c1-15(2)20(23)19(21(24)17-11-7-4-8-12-17)18(22)14-13-16-9-5-3-6-10-16/h3-12,15,18-20,22-23H,13-14H2,1-2H3/t18-,19+,20+/m1/s1. The van der Waals surface area contributed by atoms with E-state index in [9.17, 15) is 15.0 Å². The zero-order valence-electron chi connectivity index (χ0n) is 14.3. The number of aliphatic hydroxyl groups excluding tert-OH is 2. The van der Waals surface area contributed by atoms with Crippen molar-refractivity contribution in [3.63, 3.8) is 0 Å². The van der Waals surface area contributed by atoms with Crippen LogP contribution in [0.4, 0.5) is 0 Å². The first-order valence-corrected chi connectivity index (χ1v) is 8.50. The van der Waals surface area contributed by atoms with Gasteiger partial charge >= 0.3 is 0 Å². The van der Waals surface area contributed by atoms with Gasteiger partial charge < -0.3 is 10.2 Å². The van der Waals surface area contributed by atoms with Gasteiger partial charge in [0, 0.05) is 5.56 Å². The maximum absolute atomic E-state index is 12.8. The highest BCUT2D eigenvalue weighted by Crippen LogP contribution is 2.24. The van der Waals surface area contributed by atoms with Crippen LogP contribution in [0.25, 0.3) is 0 Å². The number of Topliss-reactive ketones (excluding diaryl/α,β-unsaturated/α-hetero) is 1. The van der Waals surface area contributed by atoms with Gasteiger partial charge in [0.05, 0.1) is 18.1 Å². The molecule has 0 bridgehead atoms. The molecular formula is C21H26O3. The van der Waals surface area contributed by atoms with Crippen LogP contribution < -0.4 is 0 Å². The molecule has 0 aromatic heterocycles. The molecule has 2 aromatic carbocycles. The molecule has 2 rings (SSSR count). The minimum atomic E-state index is -0.879. The molecule has 2 aromatic rings. The summed E-state index contributed by atoms with van der Waals surface area (Å²) in [5.74, 6) is -1.11. The summed E-state index contributed by atoms with van der Waals surface area (Å²) < 4.78 is 0. The van der Waals surface area contributed by atoms with Gasteiger partial charge in [-0.3, -0.25) is 4.79 Å². The topological polar surface area (TPSA) is 57.5 Å². The van der Waals surface area contributed by atoms with Crippen LogP contribution >= 0.6 is 0 Å². The lowest BCUT2D eigenvalue weighted by Crippen LogP contribution is -2.41. The largest absolute Gasteiger partial charge is 0.392 e. The molecule has 3 atom stereocenters. The molecule has 0 fully saturated rings. The number of hydrogen-bond acceptors (Lipinski definition) is 3. The van der Waals surface area contributed by atoms with Crippen molar-refractivity contribution >= 4 is 5.78 Å². The van der Waals surface area contributed by atoms with Crippen molar-refractivity contribution in [3.8, 4) is 0 Å². The molecule has 0 saturated heterocycles. The van der Waals surface area contributed by atoms with Gasteiger partial charge in [0.15, 0.2) is 5.78 Å². The Morgan fingerprint density at radius 1 is 0.917 bits per heavy atom. The number of ketones is 1. The first-order chi connectivity index (χ1) is 11.5. The first kappa shape index (κ1) is 18.4. The summed E-state index contributed by atoms with van der Waals surface area (Å²) in [5, 5.41) is 21.1. The van der Waals surface area contributed by atoms with Crippen molar-refractivity contribution in [1.82, 2.24) is 0 Å². The van der Waals surface area contributed by atoms with Crippen molar-refractivity contribution in [2.75, 3.05) is 0 Å². The van der Waals surface area contributed by atoms with Gasteiger partial charge in [-0.2, -0.15) is 0 Å². The molecule has 0 aliphatic heterocycles. The summed E-state index contributed by atoms with van der Waals surface area (Å²) >= 11 is 0. The lowest BCUT2D eigenvalue weighted by Gasteiger charge is -2.29. The fourth-order valence-electron chi connectivity index (χ4n) is 2.91. The molecule has 3 heteroatoms. The highest BCUT2D eigenvalue weighted by atomic mass is 16.3. The van der Waals surface area contributed by atoms with E-state index in [1.54, 1.807) is 24.3 Å². The second kappa shape index (κ2) is 8.76. The zero-order valence-corrected chi connectivity index (χ0v) is 14.3. The van der Waals surface area contributed by atoms with E-state index in [4.69, 9.17) is 0 Å². The van der Waals surface area contributed by atoms with Crippen LogP contribution in [-0.2, 0) is 6.42 Å². The Balaban J connectivity index is 2.14. The number of benzene rings is 2. The van der Waals surface area contributed by atoms with Crippen molar-refractivity contribution in [1.29, 1.82) is 0 Å². The number of aryl methyl sites for hydroxylation is 1. The molecule has 128 valence electrons. The summed E-state index contributed by atoms with van der Waals surface area (Å²) in [7, 11) is 0. The second-order valence-corrected chi connectivity index (χ2v) is 6.58. The predicted octanol–water partition coefficient (Wildman–Crippen LogP) is 3.50. The van der Waals surface area contributed by atoms with E-state index >= 15 is 0 Å². The van der Waals surface area contributed by atoms with Crippen LogP contribution in [0.2, 0.25) is 0 Å². The Morgan fingerprint density at radius 2 is 1.46 bits per heavy atom. The third-order valence-corrected chi connectivity index (χ3v) is 4.40. The monoisotopic (exact) mass is 326 g/mol. The van der Waals surface area contributed by atoms with E-state index in [2.05, 4.69) is 0 Å². The van der Waals surface area contributed by atoms with Gasteiger partial charge in [0.2, 0.25) is 0 Å². The molecule has 3 nitrogen and oxygen atoms in total. The zero-order chi connectivity index (χ0) is 17.5. The maximum atomic E-state index is 12.8. The van der Waals surface area contributed by atoms with Crippen molar-refractivity contribution < 1.29 is 15.0 Å². The predicted molar refractivity (Wildman–Crippen MR) is 95.9 cm³/mol. The Morgan fingerprint density at radius 3 is 2.00 bits per heavy atom. The van der Waals surface area contributed by atoms with Gasteiger partial charge in [-0.25, -0.2) is 0 Å². The van der Waals surface area contributed by atoms with Crippen LogP contribution in [0.15, 0.2) is 60.7 Å². The molecule has 0 spiro atoms. The summed E-state index contributed by atoms with van der Waals surface area (Å²) in [4.78, 5) is 12.8. The van der Waals surface area contributed by atoms with E-state index in [0.717, 1.165) is 5.56 Å². The molecule has 2 N–H and O–H groups in total. The fraction of sp³-hybridized carbons (Fsp3) is 0.381. The Labute approximate surface area is 144 Å². The molecule has 0 saturated carbocycles. The number of carbonyl (C=O) groups excluding carboxylic acids is 1. The lowest BCUT2D eigenvalue weighted by molar-refractivity contribution is -0.00496. The second-order valence-electron chi connectivity index (χ2n) is 6.58. The van der Waals surface area contributed by atoms with Crippen molar-refractivity contribution in [2.45, 2.75) is 38.9 Å². The van der Waals surface area contributed by atoms with Crippen LogP contribution in [0.1, 0.15) is 36.2 Å². The van der Waals surface area contributed by atoms with E-state index in [-0.39, 0.29) is 11.7 Å². The van der Waals surface area contributed by atoms with Gasteiger partial charge in [-0.05, 0) is 24.3 Å². The summed E-state index contributed by atoms with van der Waals surface area (Å²) in [6.45, 7) is 3.72. The molecule has 0 heterocycles. The number of rotatable bonds is 8. The van der Waals surface area contributed by atoms with Crippen LogP contribution in [0.3, 0.4) is 0 Å². The van der Waals surface area contributed by atoms with E-state index in [1.807, 2.05) is 50.2 Å². The normalized spacial score (nSPS) is 15.0. The van der Waals surface area contributed by atoms with Crippen LogP contribution in [-0.4, -0.2) is 28.2 Å². The number of hydrogen-bond donors (Lipinski definition) is 2. The number of aliphatic hydroxyl groups is 2. The van der Waals surface area contributed by atoms with Gasteiger partial charge in [-0.1, -0.05) is 74.5 Å². The molecule has 0 radical (unpaired) electrons. The highest BCUT2D eigenvalue weighted by molar-refractivity contribution is 5.98. The molecule has 0 amide bonds. The molecule has 0 aliphatic rings. The van der Waals surface area contributed by atoms with Gasteiger partial charge in [0.1, 0.15) is 0 Å². The third kappa shape index (κ3) is 4.76. The van der Waals surface area contributed by atoms with E-state index in [0.29, 0.717) is 18.4 Å².